The normalized spacial score (nSPS) is 12.8. The molecule has 0 atom stereocenters. The van der Waals surface area contributed by atoms with Gasteiger partial charge in [-0.15, -0.1) is 0 Å². The van der Waals surface area contributed by atoms with Crippen molar-refractivity contribution in [3.8, 4) is 0 Å². The van der Waals surface area contributed by atoms with Crippen LogP contribution in [0.5, 0.6) is 0 Å². The van der Waals surface area contributed by atoms with E-state index in [2.05, 4.69) is 41.5 Å². The molecule has 0 N–H and O–H groups in total. The Morgan fingerprint density at radius 2 is 0.673 bits per heavy atom. The number of rotatable bonds is 40. The fourth-order valence-corrected chi connectivity index (χ4v) is 14.9. The van der Waals surface area contributed by atoms with Crippen LogP contribution in [0.3, 0.4) is 0 Å². The van der Waals surface area contributed by atoms with Gasteiger partial charge in [0.25, 0.3) is 0 Å². The molecule has 0 unspecified atom stereocenters. The molecule has 0 radical (unpaired) electrons. The molecular formula is C46H95O2P. The first-order valence-corrected chi connectivity index (χ1v) is 26.0. The first kappa shape index (κ1) is 48.9. The van der Waals surface area contributed by atoms with Gasteiger partial charge < -0.3 is 0 Å². The van der Waals surface area contributed by atoms with Crippen molar-refractivity contribution in [2.45, 2.75) is 260 Å². The van der Waals surface area contributed by atoms with Crippen LogP contribution < -0.4 is 0 Å². The van der Waals surface area contributed by atoms with Gasteiger partial charge in [0.1, 0.15) is 0 Å². The fraction of sp³-hybridized carbons (Fsp3) is 0.978. The van der Waals surface area contributed by atoms with E-state index in [1.807, 2.05) is 0 Å². The average Bonchev–Trinajstić information content (AvgIpc) is 3.09. The van der Waals surface area contributed by atoms with Gasteiger partial charge in [-0.05, 0) is 5.92 Å². The van der Waals surface area contributed by atoms with E-state index in [4.69, 9.17) is 4.52 Å². The Kier molecular flexibility index (Phi) is 34.9. The molecule has 0 aromatic heterocycles. The summed E-state index contributed by atoms with van der Waals surface area (Å²) < 4.78 is 7.06. The summed E-state index contributed by atoms with van der Waals surface area (Å²) in [5, 5.41) is 0. The van der Waals surface area contributed by atoms with Crippen LogP contribution in [0.25, 0.3) is 0 Å². The molecule has 296 valence electrons. The van der Waals surface area contributed by atoms with Crippen LogP contribution in [0, 0.1) is 5.92 Å². The molecule has 0 aromatic rings. The minimum absolute atomic E-state index is 0.166. The number of carbonyl (C=O) groups is 1. The number of unbranched alkanes of at least 4 members (excludes halogenated alkanes) is 27. The minimum Gasteiger partial charge on any atom is -0.0628 e. The van der Waals surface area contributed by atoms with Crippen molar-refractivity contribution in [3.63, 3.8) is 0 Å². The van der Waals surface area contributed by atoms with Crippen molar-refractivity contribution in [1.82, 2.24) is 0 Å². The molecule has 0 amide bonds. The summed E-state index contributed by atoms with van der Waals surface area (Å²) in [5.41, 5.74) is 0. The van der Waals surface area contributed by atoms with Gasteiger partial charge in [-0.25, -0.2) is 0 Å². The summed E-state index contributed by atoms with van der Waals surface area (Å²) in [5.74, 6) is 1.03. The molecule has 0 saturated carbocycles. The molecule has 49 heavy (non-hydrogen) atoms. The van der Waals surface area contributed by atoms with Crippen molar-refractivity contribution in [1.29, 1.82) is 0 Å². The number of hydrogen-bond acceptors (Lipinski definition) is 2. The quantitative estimate of drug-likeness (QED) is 0.0467. The van der Waals surface area contributed by atoms with E-state index in [0.29, 0.717) is 6.42 Å². The van der Waals surface area contributed by atoms with Crippen LogP contribution in [-0.4, -0.2) is 30.6 Å². The summed E-state index contributed by atoms with van der Waals surface area (Å²) in [6, 6.07) is 0. The van der Waals surface area contributed by atoms with Crippen LogP contribution in [0.15, 0.2) is 0 Å². The maximum atomic E-state index is 13.6. The zero-order chi connectivity index (χ0) is 36.2. The summed E-state index contributed by atoms with van der Waals surface area (Å²) in [6.45, 7) is 11.4. The van der Waals surface area contributed by atoms with E-state index in [9.17, 15) is 4.79 Å². The van der Waals surface area contributed by atoms with Gasteiger partial charge >= 0.3 is 241 Å². The maximum absolute atomic E-state index is 13.6. The molecule has 0 aliphatic rings. The van der Waals surface area contributed by atoms with Crippen LogP contribution in [0.2, 0.25) is 0 Å². The summed E-state index contributed by atoms with van der Waals surface area (Å²) in [4.78, 5) is 13.6. The molecular weight excluding hydrogens is 615 g/mol. The van der Waals surface area contributed by atoms with Crippen molar-refractivity contribution in [3.05, 3.63) is 0 Å². The smallest absolute Gasteiger partial charge is 0.0628 e. The van der Waals surface area contributed by atoms with Gasteiger partial charge in [0.2, 0.25) is 0 Å². The zero-order valence-electron chi connectivity index (χ0n) is 35.2. The monoisotopic (exact) mass is 711 g/mol. The van der Waals surface area contributed by atoms with Crippen molar-refractivity contribution >= 4 is 12.8 Å². The van der Waals surface area contributed by atoms with Crippen molar-refractivity contribution in [2.75, 3.05) is 24.6 Å². The molecule has 0 saturated heterocycles. The first-order valence-electron chi connectivity index (χ1n) is 23.1. The van der Waals surface area contributed by atoms with Crippen molar-refractivity contribution in [2.24, 2.45) is 5.92 Å². The predicted molar refractivity (Wildman–Crippen MR) is 227 cm³/mol. The van der Waals surface area contributed by atoms with E-state index < -0.39 is 6.83 Å². The zero-order valence-corrected chi connectivity index (χ0v) is 36.1. The van der Waals surface area contributed by atoms with E-state index in [1.165, 1.54) is 230 Å². The molecule has 0 heterocycles. The van der Waals surface area contributed by atoms with Crippen LogP contribution >= 0.6 is 6.83 Å². The molecule has 0 fully saturated rings. The second-order valence-electron chi connectivity index (χ2n) is 17.0. The van der Waals surface area contributed by atoms with Gasteiger partial charge in [-0.2, -0.15) is 0 Å². The second-order valence-corrected chi connectivity index (χ2v) is 22.7. The third-order valence-electron chi connectivity index (χ3n) is 11.6. The van der Waals surface area contributed by atoms with Gasteiger partial charge in [0, 0.05) is 0 Å². The molecule has 0 bridgehead atoms. The van der Waals surface area contributed by atoms with Gasteiger partial charge in [0.15, 0.2) is 0 Å². The molecule has 0 spiro atoms. The third kappa shape index (κ3) is 29.1. The third-order valence-corrected chi connectivity index (χ3v) is 18.1. The van der Waals surface area contributed by atoms with Crippen LogP contribution in [0.1, 0.15) is 260 Å². The Labute approximate surface area is 311 Å². The van der Waals surface area contributed by atoms with Crippen molar-refractivity contribution < 1.29 is 9.32 Å². The van der Waals surface area contributed by atoms with E-state index in [1.54, 1.807) is 0 Å². The minimum atomic E-state index is -2.54. The topological polar surface area (TPSA) is 26.3 Å². The Morgan fingerprint density at radius 1 is 0.388 bits per heavy atom. The predicted octanol–water partition coefficient (Wildman–Crippen LogP) is 17.0. The number of hydrogen-bond donors (Lipinski definition) is 0. The van der Waals surface area contributed by atoms with Crippen LogP contribution in [0.4, 0.5) is 0 Å². The number of carbonyl (C=O) groups excluding carboxylic acids is 1. The van der Waals surface area contributed by atoms with Gasteiger partial charge in [-0.1, -0.05) is 65.7 Å². The Hall–Kier alpha value is -0.100. The van der Waals surface area contributed by atoms with Gasteiger partial charge in [0.05, 0.1) is 0 Å². The SMILES string of the molecule is CCCCCCCCCCCCCCCCP(CCCC)(CCCC)(CCCC)OC(=O)CCCCCCCCCCCCCCC(C)C. The molecule has 0 aromatic carbocycles. The summed E-state index contributed by atoms with van der Waals surface area (Å²) in [7, 11) is 0. The van der Waals surface area contributed by atoms with E-state index >= 15 is 0 Å². The average molecular weight is 711 g/mol. The summed E-state index contributed by atoms with van der Waals surface area (Å²) in [6.07, 6.45) is 50.0. The molecule has 0 aliphatic carbocycles. The Balaban J connectivity index is 4.62. The Bertz CT molecular complexity index is 664. The van der Waals surface area contributed by atoms with Crippen LogP contribution in [-0.2, 0) is 9.32 Å². The molecule has 3 heteroatoms. The van der Waals surface area contributed by atoms with E-state index in [0.717, 1.165) is 12.3 Å². The summed E-state index contributed by atoms with van der Waals surface area (Å²) >= 11 is 0. The molecule has 0 rings (SSSR count). The standard InChI is InChI=1S/C46H95O2P/c1-7-11-15-16-17-18-19-20-23-26-29-32-35-38-44-49(41-12-8-2,42-13-9-3,43-14-10-4)48-46(47)40-37-34-31-28-25-22-21-24-27-30-33-36-39-45(5)6/h45H,7-44H2,1-6H3. The first-order chi connectivity index (χ1) is 23.9. The fourth-order valence-electron chi connectivity index (χ4n) is 8.16. The Morgan fingerprint density at radius 3 is 1.02 bits per heavy atom. The van der Waals surface area contributed by atoms with E-state index in [-0.39, 0.29) is 5.97 Å². The molecule has 2 nitrogen and oxygen atoms in total. The van der Waals surface area contributed by atoms with Gasteiger partial charge in [-0.3, -0.25) is 0 Å². The molecule has 0 aliphatic heterocycles. The second kappa shape index (κ2) is 35.0.